The maximum Gasteiger partial charge on any atom is 0.250 e. The molecule has 0 aliphatic carbocycles. The molecule has 0 amide bonds. The summed E-state index contributed by atoms with van der Waals surface area (Å²) in [7, 11) is -3.42. The van der Waals surface area contributed by atoms with Crippen LogP contribution in [0, 0.1) is 6.92 Å². The Kier molecular flexibility index (Phi) is 5.56. The van der Waals surface area contributed by atoms with Gasteiger partial charge in [0.15, 0.2) is 0 Å². The van der Waals surface area contributed by atoms with E-state index in [0.717, 1.165) is 16.0 Å². The molecule has 0 aliphatic rings. The Balaban J connectivity index is 2.01. The Bertz CT molecular complexity index is 687. The lowest BCUT2D eigenvalue weighted by molar-refractivity contribution is 0.582. The van der Waals surface area contributed by atoms with Gasteiger partial charge in [-0.25, -0.2) is 13.1 Å². The number of aryl methyl sites for hydroxylation is 1. The van der Waals surface area contributed by atoms with E-state index in [1.807, 2.05) is 23.8 Å². The summed E-state index contributed by atoms with van der Waals surface area (Å²) in [5, 5.41) is 7.14. The highest BCUT2D eigenvalue weighted by Gasteiger charge is 2.17. The summed E-state index contributed by atoms with van der Waals surface area (Å²) >= 11 is 2.83. The minimum absolute atomic E-state index is 0.351. The lowest BCUT2D eigenvalue weighted by Gasteiger charge is -2.06. The van der Waals surface area contributed by atoms with Gasteiger partial charge in [-0.05, 0) is 40.9 Å². The van der Waals surface area contributed by atoms with Crippen molar-refractivity contribution in [2.75, 3.05) is 0 Å². The maximum atomic E-state index is 12.3. The van der Waals surface area contributed by atoms with Gasteiger partial charge in [0.25, 0.3) is 0 Å². The van der Waals surface area contributed by atoms with Gasteiger partial charge >= 0.3 is 0 Å². The molecule has 0 atom stereocenters. The SMILES string of the molecule is Cc1ccsc1CNS(=O)(=O)c1cc(CNC(C)C)cs1. The fraction of sp³-hybridized carbons (Fsp3) is 0.429. The van der Waals surface area contributed by atoms with Crippen molar-refractivity contribution in [3.63, 3.8) is 0 Å². The van der Waals surface area contributed by atoms with E-state index >= 15 is 0 Å². The van der Waals surface area contributed by atoms with Gasteiger partial charge < -0.3 is 5.32 Å². The Morgan fingerprint density at radius 1 is 1.24 bits per heavy atom. The minimum atomic E-state index is -3.42. The molecule has 21 heavy (non-hydrogen) atoms. The van der Waals surface area contributed by atoms with Crippen LogP contribution in [0.25, 0.3) is 0 Å². The second-order valence-electron chi connectivity index (χ2n) is 5.16. The molecule has 2 aromatic rings. The molecule has 0 radical (unpaired) electrons. The minimum Gasteiger partial charge on any atom is -0.310 e. The fourth-order valence-corrected chi connectivity index (χ4v) is 4.91. The number of sulfonamides is 1. The lowest BCUT2D eigenvalue weighted by atomic mass is 10.3. The van der Waals surface area contributed by atoms with Gasteiger partial charge in [-0.3, -0.25) is 0 Å². The summed E-state index contributed by atoms with van der Waals surface area (Å²) in [6.45, 7) is 7.15. The number of thiophene rings is 2. The third-order valence-corrected chi connectivity index (χ3v) is 6.91. The third kappa shape index (κ3) is 4.62. The van der Waals surface area contributed by atoms with E-state index in [0.29, 0.717) is 23.3 Å². The molecule has 2 N–H and O–H groups in total. The molecule has 0 saturated heterocycles. The first-order valence-corrected chi connectivity index (χ1v) is 9.96. The zero-order chi connectivity index (χ0) is 15.5. The molecule has 7 heteroatoms. The maximum absolute atomic E-state index is 12.3. The van der Waals surface area contributed by atoms with Crippen LogP contribution in [0.5, 0.6) is 0 Å². The van der Waals surface area contributed by atoms with Crippen LogP contribution in [-0.4, -0.2) is 14.5 Å². The highest BCUT2D eigenvalue weighted by Crippen LogP contribution is 2.21. The summed E-state index contributed by atoms with van der Waals surface area (Å²) < 4.78 is 27.6. The van der Waals surface area contributed by atoms with Crippen molar-refractivity contribution in [1.82, 2.24) is 10.0 Å². The van der Waals surface area contributed by atoms with Crippen molar-refractivity contribution in [3.05, 3.63) is 38.9 Å². The van der Waals surface area contributed by atoms with E-state index in [2.05, 4.69) is 23.9 Å². The van der Waals surface area contributed by atoms with Crippen molar-refractivity contribution in [1.29, 1.82) is 0 Å². The highest BCUT2D eigenvalue weighted by molar-refractivity contribution is 7.91. The van der Waals surface area contributed by atoms with Gasteiger partial charge in [0.1, 0.15) is 4.21 Å². The summed E-state index contributed by atoms with van der Waals surface area (Å²) in [5.74, 6) is 0. The first-order chi connectivity index (χ1) is 9.88. The van der Waals surface area contributed by atoms with Crippen LogP contribution in [0.15, 0.2) is 27.1 Å². The molecular weight excluding hydrogens is 324 g/mol. The van der Waals surface area contributed by atoms with Crippen LogP contribution in [0.4, 0.5) is 0 Å². The largest absolute Gasteiger partial charge is 0.310 e. The summed E-state index contributed by atoms with van der Waals surface area (Å²) in [6, 6.07) is 4.11. The average Bonchev–Trinajstić information content (AvgIpc) is 3.03. The van der Waals surface area contributed by atoms with Crippen LogP contribution in [0.3, 0.4) is 0 Å². The van der Waals surface area contributed by atoms with Gasteiger partial charge in [-0.15, -0.1) is 22.7 Å². The number of nitrogens with one attached hydrogen (secondary N) is 2. The molecular formula is C14H20N2O2S3. The summed E-state index contributed by atoms with van der Waals surface area (Å²) in [6.07, 6.45) is 0. The van der Waals surface area contributed by atoms with Gasteiger partial charge in [0.2, 0.25) is 10.0 Å². The van der Waals surface area contributed by atoms with Gasteiger partial charge in [-0.1, -0.05) is 13.8 Å². The Labute approximate surface area is 134 Å². The predicted molar refractivity (Wildman–Crippen MR) is 89.4 cm³/mol. The van der Waals surface area contributed by atoms with Crippen LogP contribution in [-0.2, 0) is 23.1 Å². The molecule has 2 heterocycles. The van der Waals surface area contributed by atoms with Gasteiger partial charge in [0.05, 0.1) is 0 Å². The van der Waals surface area contributed by atoms with Crippen LogP contribution < -0.4 is 10.0 Å². The van der Waals surface area contributed by atoms with Gasteiger partial charge in [0, 0.05) is 24.0 Å². The summed E-state index contributed by atoms with van der Waals surface area (Å²) in [4.78, 5) is 1.05. The summed E-state index contributed by atoms with van der Waals surface area (Å²) in [5.41, 5.74) is 2.12. The smallest absolute Gasteiger partial charge is 0.250 e. The standard InChI is InChI=1S/C14H20N2O2S3/c1-10(2)15-7-12-6-14(20-9-12)21(17,18)16-8-13-11(3)4-5-19-13/h4-6,9-10,15-16H,7-8H2,1-3H3. The molecule has 0 fully saturated rings. The molecule has 2 aromatic heterocycles. The van der Waals surface area contributed by atoms with Crippen LogP contribution >= 0.6 is 22.7 Å². The molecule has 4 nitrogen and oxygen atoms in total. The second-order valence-corrected chi connectivity index (χ2v) is 9.07. The van der Waals surface area contributed by atoms with Crippen molar-refractivity contribution in [3.8, 4) is 0 Å². The van der Waals surface area contributed by atoms with Gasteiger partial charge in [-0.2, -0.15) is 0 Å². The van der Waals surface area contributed by atoms with Crippen molar-refractivity contribution in [2.45, 2.75) is 44.1 Å². The lowest BCUT2D eigenvalue weighted by Crippen LogP contribution is -2.23. The average molecular weight is 345 g/mol. The quantitative estimate of drug-likeness (QED) is 0.811. The van der Waals surface area contributed by atoms with Crippen LogP contribution in [0.1, 0.15) is 29.9 Å². The monoisotopic (exact) mass is 344 g/mol. The predicted octanol–water partition coefficient (Wildman–Crippen LogP) is 3.09. The van der Waals surface area contributed by atoms with Crippen molar-refractivity contribution < 1.29 is 8.42 Å². The van der Waals surface area contributed by atoms with Crippen LogP contribution in [0.2, 0.25) is 0 Å². The number of hydrogen-bond acceptors (Lipinski definition) is 5. The van der Waals surface area contributed by atoms with Crippen molar-refractivity contribution in [2.24, 2.45) is 0 Å². The van der Waals surface area contributed by atoms with E-state index in [4.69, 9.17) is 0 Å². The van der Waals surface area contributed by atoms with E-state index in [9.17, 15) is 8.42 Å². The molecule has 0 aliphatic heterocycles. The highest BCUT2D eigenvalue weighted by atomic mass is 32.2. The molecule has 0 aromatic carbocycles. The molecule has 0 unspecified atom stereocenters. The molecule has 0 saturated carbocycles. The third-order valence-electron chi connectivity index (χ3n) is 3.00. The van der Waals surface area contributed by atoms with Crippen molar-refractivity contribution >= 4 is 32.7 Å². The Morgan fingerprint density at radius 2 is 2.00 bits per heavy atom. The first kappa shape index (κ1) is 16.6. The van der Waals surface area contributed by atoms with E-state index in [1.165, 1.54) is 11.3 Å². The van der Waals surface area contributed by atoms with E-state index in [-0.39, 0.29) is 0 Å². The molecule has 2 rings (SSSR count). The van der Waals surface area contributed by atoms with E-state index in [1.54, 1.807) is 17.4 Å². The zero-order valence-electron chi connectivity index (χ0n) is 12.3. The Morgan fingerprint density at radius 3 is 2.62 bits per heavy atom. The molecule has 0 bridgehead atoms. The number of rotatable bonds is 7. The normalized spacial score (nSPS) is 12.2. The molecule has 0 spiro atoms. The second kappa shape index (κ2) is 7.02. The number of hydrogen-bond donors (Lipinski definition) is 2. The topological polar surface area (TPSA) is 58.2 Å². The Hall–Kier alpha value is -0.730. The zero-order valence-corrected chi connectivity index (χ0v) is 14.8. The fourth-order valence-electron chi connectivity index (χ4n) is 1.73. The van der Waals surface area contributed by atoms with E-state index < -0.39 is 10.0 Å². The first-order valence-electron chi connectivity index (χ1n) is 6.72. The molecule has 116 valence electrons.